The van der Waals surface area contributed by atoms with Gasteiger partial charge in [0.2, 0.25) is 0 Å². The molecular formula is C11H12O3. The first kappa shape index (κ1) is 10.4. The molecule has 0 spiro atoms. The van der Waals surface area contributed by atoms with Crippen LogP contribution in [0.5, 0.6) is 0 Å². The highest BCUT2D eigenvalue weighted by molar-refractivity contribution is 5.98. The third kappa shape index (κ3) is 2.19. The molecule has 1 rings (SSSR count). The van der Waals surface area contributed by atoms with E-state index in [1.165, 1.54) is 0 Å². The summed E-state index contributed by atoms with van der Waals surface area (Å²) in [5.41, 5.74) is 1.63. The van der Waals surface area contributed by atoms with Crippen LogP contribution >= 0.6 is 0 Å². The molecule has 0 saturated carbocycles. The summed E-state index contributed by atoms with van der Waals surface area (Å²) < 4.78 is 4.83. The van der Waals surface area contributed by atoms with Crippen LogP contribution in [0.25, 0.3) is 0 Å². The molecule has 0 fully saturated rings. The summed E-state index contributed by atoms with van der Waals surface area (Å²) in [6.45, 7) is 3.90. The lowest BCUT2D eigenvalue weighted by molar-refractivity contribution is 0.0524. The number of esters is 1. The molecule has 3 heteroatoms. The number of aryl methyl sites for hydroxylation is 1. The van der Waals surface area contributed by atoms with E-state index in [0.717, 1.165) is 5.56 Å². The molecule has 0 aliphatic heterocycles. The number of carbonyl (C=O) groups is 2. The summed E-state index contributed by atoms with van der Waals surface area (Å²) in [4.78, 5) is 22.0. The van der Waals surface area contributed by atoms with Gasteiger partial charge in [-0.05, 0) is 19.9 Å². The van der Waals surface area contributed by atoms with Crippen molar-refractivity contribution in [1.29, 1.82) is 0 Å². The molecule has 0 bridgehead atoms. The smallest absolute Gasteiger partial charge is 0.338 e. The molecule has 0 N–H and O–H groups in total. The highest BCUT2D eigenvalue weighted by Gasteiger charge is 2.11. The molecule has 0 atom stereocenters. The van der Waals surface area contributed by atoms with Gasteiger partial charge in [-0.2, -0.15) is 0 Å². The van der Waals surface area contributed by atoms with E-state index >= 15 is 0 Å². The molecule has 0 aliphatic rings. The van der Waals surface area contributed by atoms with Gasteiger partial charge in [-0.1, -0.05) is 17.7 Å². The van der Waals surface area contributed by atoms with Crippen molar-refractivity contribution in [3.8, 4) is 0 Å². The van der Waals surface area contributed by atoms with Crippen molar-refractivity contribution in [1.82, 2.24) is 0 Å². The molecule has 3 nitrogen and oxygen atoms in total. The fourth-order valence-electron chi connectivity index (χ4n) is 1.16. The minimum Gasteiger partial charge on any atom is -0.462 e. The highest BCUT2D eigenvalue weighted by Crippen LogP contribution is 2.11. The van der Waals surface area contributed by atoms with Crippen LogP contribution in [-0.4, -0.2) is 18.9 Å². The summed E-state index contributed by atoms with van der Waals surface area (Å²) in [7, 11) is 0. The Morgan fingerprint density at radius 1 is 1.50 bits per heavy atom. The van der Waals surface area contributed by atoms with E-state index in [-0.39, 0.29) is 0 Å². The predicted octanol–water partition coefficient (Wildman–Crippen LogP) is 1.98. The number of benzene rings is 1. The molecule has 0 aromatic heterocycles. The molecule has 74 valence electrons. The first-order valence-electron chi connectivity index (χ1n) is 4.42. The second-order valence-electron chi connectivity index (χ2n) is 2.93. The van der Waals surface area contributed by atoms with Gasteiger partial charge in [-0.3, -0.25) is 4.79 Å². The fourth-order valence-corrected chi connectivity index (χ4v) is 1.16. The van der Waals surface area contributed by atoms with Gasteiger partial charge in [0.15, 0.2) is 6.29 Å². The van der Waals surface area contributed by atoms with E-state index < -0.39 is 5.97 Å². The zero-order valence-electron chi connectivity index (χ0n) is 8.24. The topological polar surface area (TPSA) is 43.4 Å². The molecule has 14 heavy (non-hydrogen) atoms. The Labute approximate surface area is 82.7 Å². The van der Waals surface area contributed by atoms with Crippen LogP contribution in [0, 0.1) is 6.92 Å². The van der Waals surface area contributed by atoms with Gasteiger partial charge in [-0.25, -0.2) is 4.79 Å². The maximum atomic E-state index is 11.4. The van der Waals surface area contributed by atoms with E-state index in [9.17, 15) is 9.59 Å². The van der Waals surface area contributed by atoms with Gasteiger partial charge in [-0.15, -0.1) is 0 Å². The first-order valence-corrected chi connectivity index (χ1v) is 4.42. The van der Waals surface area contributed by atoms with E-state index in [1.54, 1.807) is 25.1 Å². The molecule has 0 aliphatic carbocycles. The molecule has 0 unspecified atom stereocenters. The zero-order valence-corrected chi connectivity index (χ0v) is 8.24. The lowest BCUT2D eigenvalue weighted by Crippen LogP contribution is -2.08. The Morgan fingerprint density at radius 2 is 2.21 bits per heavy atom. The van der Waals surface area contributed by atoms with Crippen LogP contribution in [0.1, 0.15) is 33.2 Å². The van der Waals surface area contributed by atoms with E-state index in [0.29, 0.717) is 24.0 Å². The Bertz CT molecular complexity index is 356. The molecule has 1 aromatic rings. The number of rotatable bonds is 3. The molecule has 0 radical (unpaired) electrons. The maximum Gasteiger partial charge on any atom is 0.338 e. The van der Waals surface area contributed by atoms with Gasteiger partial charge in [0.05, 0.1) is 12.2 Å². The summed E-state index contributed by atoms with van der Waals surface area (Å²) >= 11 is 0. The third-order valence-corrected chi connectivity index (χ3v) is 1.83. The SMILES string of the molecule is CCOC(=O)c1cc(C)ccc1C=O. The van der Waals surface area contributed by atoms with Crippen LogP contribution in [0.15, 0.2) is 18.2 Å². The third-order valence-electron chi connectivity index (χ3n) is 1.83. The van der Waals surface area contributed by atoms with Crippen LogP contribution in [0.2, 0.25) is 0 Å². The maximum absolute atomic E-state index is 11.4. The van der Waals surface area contributed by atoms with Crippen LogP contribution in [0.3, 0.4) is 0 Å². The lowest BCUT2D eigenvalue weighted by Gasteiger charge is -2.04. The van der Waals surface area contributed by atoms with Crippen LogP contribution in [0.4, 0.5) is 0 Å². The van der Waals surface area contributed by atoms with Crippen molar-refractivity contribution in [3.63, 3.8) is 0 Å². The molecular weight excluding hydrogens is 180 g/mol. The number of carbonyl (C=O) groups excluding carboxylic acids is 2. The van der Waals surface area contributed by atoms with Gasteiger partial charge < -0.3 is 4.74 Å². The van der Waals surface area contributed by atoms with Crippen molar-refractivity contribution >= 4 is 12.3 Å². The van der Waals surface area contributed by atoms with Gasteiger partial charge in [0.1, 0.15) is 0 Å². The fraction of sp³-hybridized carbons (Fsp3) is 0.273. The summed E-state index contributed by atoms with van der Waals surface area (Å²) in [5.74, 6) is -0.446. The van der Waals surface area contributed by atoms with Crippen molar-refractivity contribution in [3.05, 3.63) is 34.9 Å². The molecule has 1 aromatic carbocycles. The summed E-state index contributed by atoms with van der Waals surface area (Å²) in [6, 6.07) is 5.06. The Balaban J connectivity index is 3.10. The van der Waals surface area contributed by atoms with Crippen molar-refractivity contribution in [2.24, 2.45) is 0 Å². The lowest BCUT2D eigenvalue weighted by atomic mass is 10.1. The average Bonchev–Trinajstić information content (AvgIpc) is 2.18. The number of hydrogen-bond acceptors (Lipinski definition) is 3. The zero-order chi connectivity index (χ0) is 10.6. The average molecular weight is 192 g/mol. The first-order chi connectivity index (χ1) is 6.69. The Morgan fingerprint density at radius 3 is 2.79 bits per heavy atom. The summed E-state index contributed by atoms with van der Waals surface area (Å²) in [5, 5.41) is 0. The second-order valence-corrected chi connectivity index (χ2v) is 2.93. The minimum atomic E-state index is -0.446. The molecule has 0 amide bonds. The largest absolute Gasteiger partial charge is 0.462 e. The van der Waals surface area contributed by atoms with Gasteiger partial charge in [0.25, 0.3) is 0 Å². The molecule has 0 heterocycles. The minimum absolute atomic E-state index is 0.311. The van der Waals surface area contributed by atoms with Gasteiger partial charge in [0, 0.05) is 5.56 Å². The second kappa shape index (κ2) is 4.56. The van der Waals surface area contributed by atoms with Crippen molar-refractivity contribution in [2.45, 2.75) is 13.8 Å². The van der Waals surface area contributed by atoms with E-state index in [4.69, 9.17) is 4.74 Å². The van der Waals surface area contributed by atoms with Crippen LogP contribution < -0.4 is 0 Å². The number of ether oxygens (including phenoxy) is 1. The van der Waals surface area contributed by atoms with Crippen LogP contribution in [-0.2, 0) is 4.74 Å². The predicted molar refractivity (Wildman–Crippen MR) is 52.5 cm³/mol. The number of hydrogen-bond donors (Lipinski definition) is 0. The van der Waals surface area contributed by atoms with Gasteiger partial charge >= 0.3 is 5.97 Å². The Kier molecular flexibility index (Phi) is 3.40. The normalized spacial score (nSPS) is 9.57. The van der Waals surface area contributed by atoms with E-state index in [2.05, 4.69) is 0 Å². The standard InChI is InChI=1S/C11H12O3/c1-3-14-11(13)10-6-8(2)4-5-9(10)7-12/h4-7H,3H2,1-2H3. The quantitative estimate of drug-likeness (QED) is 0.543. The summed E-state index contributed by atoms with van der Waals surface area (Å²) in [6.07, 6.45) is 0.658. The highest BCUT2D eigenvalue weighted by atomic mass is 16.5. The Hall–Kier alpha value is -1.64. The van der Waals surface area contributed by atoms with Crippen molar-refractivity contribution < 1.29 is 14.3 Å². The molecule has 0 saturated heterocycles. The monoisotopic (exact) mass is 192 g/mol. The van der Waals surface area contributed by atoms with Crippen molar-refractivity contribution in [2.75, 3.05) is 6.61 Å². The number of aldehydes is 1. The van der Waals surface area contributed by atoms with E-state index in [1.807, 2.05) is 6.92 Å².